The Morgan fingerprint density at radius 1 is 1.22 bits per heavy atom. The van der Waals surface area contributed by atoms with Crippen molar-refractivity contribution in [2.24, 2.45) is 5.92 Å². The fraction of sp³-hybridized carbons (Fsp3) is 0.833. The van der Waals surface area contributed by atoms with E-state index in [9.17, 15) is 9.59 Å². The van der Waals surface area contributed by atoms with E-state index in [1.54, 1.807) is 0 Å². The normalized spacial score (nSPS) is 18.4. The Bertz CT molecular complexity index is 288. The monoisotopic (exact) mass is 256 g/mol. The number of urea groups is 1. The van der Waals surface area contributed by atoms with E-state index in [1.807, 2.05) is 20.8 Å². The highest BCUT2D eigenvalue weighted by atomic mass is 16.2. The van der Waals surface area contributed by atoms with Crippen LogP contribution in [-0.4, -0.2) is 55.6 Å². The molecule has 1 atom stereocenters. The van der Waals surface area contributed by atoms with Gasteiger partial charge >= 0.3 is 6.03 Å². The zero-order chi connectivity index (χ0) is 13.5. The van der Waals surface area contributed by atoms with Gasteiger partial charge in [0.25, 0.3) is 0 Å². The first-order valence-corrected chi connectivity index (χ1v) is 6.54. The predicted molar refractivity (Wildman–Crippen MR) is 70.3 cm³/mol. The number of nitrogens with one attached hydrogen (secondary N) is 3. The fourth-order valence-electron chi connectivity index (χ4n) is 1.79. The summed E-state index contributed by atoms with van der Waals surface area (Å²) in [6, 6.07) is -0.674. The summed E-state index contributed by atoms with van der Waals surface area (Å²) in [6.07, 6.45) is 0. The molecular formula is C12H24N4O2. The third-order valence-corrected chi connectivity index (χ3v) is 2.99. The Morgan fingerprint density at radius 3 is 2.39 bits per heavy atom. The molecule has 0 aliphatic carbocycles. The number of nitrogens with zero attached hydrogens (tertiary/aromatic N) is 1. The summed E-state index contributed by atoms with van der Waals surface area (Å²) in [4.78, 5) is 25.4. The van der Waals surface area contributed by atoms with Crippen LogP contribution in [0.25, 0.3) is 0 Å². The van der Waals surface area contributed by atoms with Gasteiger partial charge in [-0.2, -0.15) is 0 Å². The molecule has 3 N–H and O–H groups in total. The summed E-state index contributed by atoms with van der Waals surface area (Å²) in [5.41, 5.74) is 0. The number of piperazine rings is 1. The lowest BCUT2D eigenvalue weighted by Gasteiger charge is -2.31. The lowest BCUT2D eigenvalue weighted by atomic mass is 10.2. The maximum absolute atomic E-state index is 11.9. The first-order chi connectivity index (χ1) is 8.50. The molecule has 0 radical (unpaired) electrons. The number of hydrogen-bond acceptors (Lipinski definition) is 4. The van der Waals surface area contributed by atoms with E-state index in [2.05, 4.69) is 20.9 Å². The number of rotatable bonds is 4. The van der Waals surface area contributed by atoms with Crippen molar-refractivity contribution < 1.29 is 9.59 Å². The van der Waals surface area contributed by atoms with Crippen molar-refractivity contribution in [3.05, 3.63) is 0 Å². The van der Waals surface area contributed by atoms with Crippen LogP contribution in [0.15, 0.2) is 0 Å². The number of imide groups is 1. The number of carbonyl (C=O) groups excluding carboxylic acids is 2. The van der Waals surface area contributed by atoms with Crippen LogP contribution in [0, 0.1) is 5.92 Å². The average molecular weight is 256 g/mol. The molecule has 6 nitrogen and oxygen atoms in total. The summed E-state index contributed by atoms with van der Waals surface area (Å²) in [7, 11) is 0. The van der Waals surface area contributed by atoms with E-state index in [-0.39, 0.29) is 11.9 Å². The molecule has 0 saturated carbocycles. The van der Waals surface area contributed by atoms with Gasteiger partial charge in [0.15, 0.2) is 0 Å². The molecule has 0 spiro atoms. The Morgan fingerprint density at radius 2 is 1.83 bits per heavy atom. The highest BCUT2D eigenvalue weighted by Crippen LogP contribution is 2.00. The molecule has 1 rings (SSSR count). The summed E-state index contributed by atoms with van der Waals surface area (Å²) in [5.74, 6) is 0.134. The van der Waals surface area contributed by atoms with E-state index in [1.165, 1.54) is 0 Å². The van der Waals surface area contributed by atoms with Crippen molar-refractivity contribution in [2.75, 3.05) is 32.7 Å². The molecule has 3 amide bonds. The number of carbonyl (C=O) groups is 2. The summed E-state index contributed by atoms with van der Waals surface area (Å²) < 4.78 is 0. The minimum Gasteiger partial charge on any atom is -0.338 e. The maximum Gasteiger partial charge on any atom is 0.321 e. The van der Waals surface area contributed by atoms with E-state index in [0.717, 1.165) is 26.2 Å². The van der Waals surface area contributed by atoms with Gasteiger partial charge in [-0.1, -0.05) is 13.8 Å². The Kier molecular flexibility index (Phi) is 6.07. The SMILES string of the molecule is CC(C)CNC(=O)NC(=O)C(C)N1CCNCC1. The molecule has 1 aliphatic heterocycles. The van der Waals surface area contributed by atoms with Crippen molar-refractivity contribution in [1.82, 2.24) is 20.9 Å². The van der Waals surface area contributed by atoms with E-state index >= 15 is 0 Å². The predicted octanol–water partition coefficient (Wildman–Crippen LogP) is -0.238. The van der Waals surface area contributed by atoms with Crippen molar-refractivity contribution in [3.63, 3.8) is 0 Å². The molecule has 1 heterocycles. The van der Waals surface area contributed by atoms with E-state index in [4.69, 9.17) is 0 Å². The van der Waals surface area contributed by atoms with Crippen LogP contribution in [0.1, 0.15) is 20.8 Å². The van der Waals surface area contributed by atoms with Crippen LogP contribution in [0.5, 0.6) is 0 Å². The topological polar surface area (TPSA) is 73.5 Å². The first kappa shape index (κ1) is 14.9. The molecule has 0 bridgehead atoms. The molecule has 1 aliphatic rings. The van der Waals surface area contributed by atoms with Gasteiger partial charge in [0, 0.05) is 32.7 Å². The highest BCUT2D eigenvalue weighted by molar-refractivity contribution is 5.96. The quantitative estimate of drug-likeness (QED) is 0.649. The lowest BCUT2D eigenvalue weighted by molar-refractivity contribution is -0.124. The van der Waals surface area contributed by atoms with Gasteiger partial charge in [-0.15, -0.1) is 0 Å². The summed E-state index contributed by atoms with van der Waals surface area (Å²) >= 11 is 0. The molecule has 104 valence electrons. The molecule has 1 unspecified atom stereocenters. The molecule has 6 heteroatoms. The van der Waals surface area contributed by atoms with Crippen LogP contribution >= 0.6 is 0 Å². The standard InChI is InChI=1S/C12H24N4O2/c1-9(2)8-14-12(18)15-11(17)10(3)16-6-4-13-5-7-16/h9-10,13H,4-8H2,1-3H3,(H2,14,15,17,18). The molecule has 0 aromatic carbocycles. The maximum atomic E-state index is 11.9. The van der Waals surface area contributed by atoms with Crippen molar-refractivity contribution >= 4 is 11.9 Å². The second-order valence-electron chi connectivity index (χ2n) is 5.06. The lowest BCUT2D eigenvalue weighted by Crippen LogP contribution is -2.54. The van der Waals surface area contributed by atoms with Gasteiger partial charge in [-0.3, -0.25) is 15.0 Å². The third-order valence-electron chi connectivity index (χ3n) is 2.99. The van der Waals surface area contributed by atoms with Crippen LogP contribution in [0.2, 0.25) is 0 Å². The number of hydrogen-bond donors (Lipinski definition) is 3. The zero-order valence-corrected chi connectivity index (χ0v) is 11.5. The van der Waals surface area contributed by atoms with Gasteiger partial charge in [0.05, 0.1) is 6.04 Å². The second kappa shape index (κ2) is 7.33. The molecule has 0 aromatic rings. The first-order valence-electron chi connectivity index (χ1n) is 6.54. The summed E-state index contributed by atoms with van der Waals surface area (Å²) in [6.45, 7) is 9.85. The van der Waals surface area contributed by atoms with Crippen LogP contribution in [-0.2, 0) is 4.79 Å². The van der Waals surface area contributed by atoms with Gasteiger partial charge in [0.2, 0.25) is 5.91 Å². The molecule has 18 heavy (non-hydrogen) atoms. The van der Waals surface area contributed by atoms with Crippen LogP contribution < -0.4 is 16.0 Å². The Labute approximate surface area is 108 Å². The second-order valence-corrected chi connectivity index (χ2v) is 5.06. The van der Waals surface area contributed by atoms with Gasteiger partial charge in [-0.05, 0) is 12.8 Å². The highest BCUT2D eigenvalue weighted by Gasteiger charge is 2.23. The smallest absolute Gasteiger partial charge is 0.321 e. The molecular weight excluding hydrogens is 232 g/mol. The van der Waals surface area contributed by atoms with Gasteiger partial charge in [0.1, 0.15) is 0 Å². The van der Waals surface area contributed by atoms with Crippen molar-refractivity contribution in [2.45, 2.75) is 26.8 Å². The molecule has 1 fully saturated rings. The fourth-order valence-corrected chi connectivity index (χ4v) is 1.79. The molecule has 1 saturated heterocycles. The Hall–Kier alpha value is -1.14. The van der Waals surface area contributed by atoms with Crippen molar-refractivity contribution in [3.8, 4) is 0 Å². The van der Waals surface area contributed by atoms with E-state index < -0.39 is 6.03 Å². The van der Waals surface area contributed by atoms with Crippen LogP contribution in [0.4, 0.5) is 4.79 Å². The average Bonchev–Trinajstić information content (AvgIpc) is 2.36. The largest absolute Gasteiger partial charge is 0.338 e. The van der Waals surface area contributed by atoms with Gasteiger partial charge in [-0.25, -0.2) is 4.79 Å². The molecule has 0 aromatic heterocycles. The van der Waals surface area contributed by atoms with Crippen molar-refractivity contribution in [1.29, 1.82) is 0 Å². The Balaban J connectivity index is 2.32. The minimum absolute atomic E-state index is 0.238. The third kappa shape index (κ3) is 5.01. The van der Waals surface area contributed by atoms with E-state index in [0.29, 0.717) is 12.5 Å². The zero-order valence-electron chi connectivity index (χ0n) is 11.5. The van der Waals surface area contributed by atoms with Crippen LogP contribution in [0.3, 0.4) is 0 Å². The number of amides is 3. The summed E-state index contributed by atoms with van der Waals surface area (Å²) in [5, 5.41) is 8.28. The minimum atomic E-state index is -0.407. The van der Waals surface area contributed by atoms with Gasteiger partial charge < -0.3 is 10.6 Å².